The summed E-state index contributed by atoms with van der Waals surface area (Å²) in [7, 11) is 1.65. The Balaban J connectivity index is 2.74. The highest BCUT2D eigenvalue weighted by atomic mass is 16.5. The lowest BCUT2D eigenvalue weighted by atomic mass is 9.95. The summed E-state index contributed by atoms with van der Waals surface area (Å²) in [6, 6.07) is 5.97. The highest BCUT2D eigenvalue weighted by Crippen LogP contribution is 2.23. The molecule has 0 spiro atoms. The lowest BCUT2D eigenvalue weighted by Gasteiger charge is -2.28. The average Bonchev–Trinajstić information content (AvgIpc) is 2.32. The van der Waals surface area contributed by atoms with E-state index >= 15 is 0 Å². The van der Waals surface area contributed by atoms with Gasteiger partial charge in [0.1, 0.15) is 11.3 Å². The highest BCUT2D eigenvalue weighted by molar-refractivity contribution is 5.78. The van der Waals surface area contributed by atoms with Crippen molar-refractivity contribution in [3.63, 3.8) is 0 Å². The van der Waals surface area contributed by atoms with Crippen molar-refractivity contribution in [3.05, 3.63) is 29.3 Å². The minimum absolute atomic E-state index is 0.185. The van der Waals surface area contributed by atoms with Gasteiger partial charge in [-0.1, -0.05) is 17.7 Å². The van der Waals surface area contributed by atoms with Gasteiger partial charge in [-0.05, 0) is 46.4 Å². The molecule has 0 saturated heterocycles. The van der Waals surface area contributed by atoms with Gasteiger partial charge in [0.15, 0.2) is 0 Å². The van der Waals surface area contributed by atoms with Gasteiger partial charge in [-0.25, -0.2) is 0 Å². The van der Waals surface area contributed by atoms with E-state index < -0.39 is 11.5 Å². The van der Waals surface area contributed by atoms with E-state index in [1.807, 2.05) is 32.9 Å². The molecule has 0 heterocycles. The van der Waals surface area contributed by atoms with Crippen LogP contribution in [0.4, 0.5) is 0 Å². The fourth-order valence-corrected chi connectivity index (χ4v) is 2.06. The zero-order valence-electron chi connectivity index (χ0n) is 12.3. The SMILES string of the molecule is CNC(C)(CC(C)Oc1ccc(C)cc1C)C(=O)O. The second kappa shape index (κ2) is 6.06. The van der Waals surface area contributed by atoms with Gasteiger partial charge in [0.05, 0.1) is 6.10 Å². The van der Waals surface area contributed by atoms with E-state index in [0.717, 1.165) is 11.3 Å². The van der Waals surface area contributed by atoms with Gasteiger partial charge >= 0.3 is 5.97 Å². The van der Waals surface area contributed by atoms with Crippen LogP contribution in [0.2, 0.25) is 0 Å². The van der Waals surface area contributed by atoms with Crippen molar-refractivity contribution >= 4 is 5.97 Å². The third-order valence-electron chi connectivity index (χ3n) is 3.38. The summed E-state index contributed by atoms with van der Waals surface area (Å²) in [5, 5.41) is 12.1. The largest absolute Gasteiger partial charge is 0.490 e. The van der Waals surface area contributed by atoms with E-state index in [1.54, 1.807) is 14.0 Å². The zero-order chi connectivity index (χ0) is 14.6. The smallest absolute Gasteiger partial charge is 0.323 e. The Hall–Kier alpha value is -1.55. The molecule has 0 saturated carbocycles. The van der Waals surface area contributed by atoms with Crippen molar-refractivity contribution in [2.75, 3.05) is 7.05 Å². The van der Waals surface area contributed by atoms with E-state index in [0.29, 0.717) is 6.42 Å². The summed E-state index contributed by atoms with van der Waals surface area (Å²) in [4.78, 5) is 11.2. The minimum Gasteiger partial charge on any atom is -0.490 e. The van der Waals surface area contributed by atoms with Gasteiger partial charge < -0.3 is 15.2 Å². The van der Waals surface area contributed by atoms with E-state index in [1.165, 1.54) is 5.56 Å². The number of aryl methyl sites for hydroxylation is 2. The molecule has 4 nitrogen and oxygen atoms in total. The molecule has 0 radical (unpaired) electrons. The molecule has 0 fully saturated rings. The second-order valence-electron chi connectivity index (χ2n) is 5.29. The van der Waals surface area contributed by atoms with E-state index in [-0.39, 0.29) is 6.10 Å². The summed E-state index contributed by atoms with van der Waals surface area (Å²) in [5.74, 6) is -0.0620. The quantitative estimate of drug-likeness (QED) is 0.830. The Kier molecular flexibility index (Phi) is 4.95. The number of rotatable bonds is 6. The van der Waals surface area contributed by atoms with Crippen LogP contribution in [0.5, 0.6) is 5.75 Å². The Morgan fingerprint density at radius 1 is 1.47 bits per heavy atom. The molecule has 2 unspecified atom stereocenters. The third kappa shape index (κ3) is 3.96. The van der Waals surface area contributed by atoms with E-state index in [4.69, 9.17) is 4.74 Å². The molecule has 2 N–H and O–H groups in total. The predicted molar refractivity (Wildman–Crippen MR) is 75.7 cm³/mol. The maximum Gasteiger partial charge on any atom is 0.323 e. The van der Waals surface area contributed by atoms with Crippen molar-refractivity contribution in [1.82, 2.24) is 5.32 Å². The predicted octanol–water partition coefficient (Wildman–Crippen LogP) is 2.52. The van der Waals surface area contributed by atoms with Crippen molar-refractivity contribution in [2.45, 2.75) is 45.8 Å². The molecule has 0 aliphatic carbocycles. The molecule has 0 aliphatic heterocycles. The summed E-state index contributed by atoms with van der Waals surface area (Å²) in [5.41, 5.74) is 1.27. The molecule has 0 bridgehead atoms. The first kappa shape index (κ1) is 15.5. The molecule has 19 heavy (non-hydrogen) atoms. The van der Waals surface area contributed by atoms with Crippen LogP contribution in [0.25, 0.3) is 0 Å². The van der Waals surface area contributed by atoms with E-state index in [9.17, 15) is 9.90 Å². The number of ether oxygens (including phenoxy) is 1. The highest BCUT2D eigenvalue weighted by Gasteiger charge is 2.33. The average molecular weight is 265 g/mol. The van der Waals surface area contributed by atoms with Crippen LogP contribution in [-0.4, -0.2) is 29.8 Å². The lowest BCUT2D eigenvalue weighted by molar-refractivity contribution is -0.145. The number of carboxylic acids is 1. The molecule has 1 aromatic rings. The lowest BCUT2D eigenvalue weighted by Crippen LogP contribution is -2.50. The molecule has 1 aromatic carbocycles. The molecular weight excluding hydrogens is 242 g/mol. The summed E-state index contributed by atoms with van der Waals surface area (Å²) >= 11 is 0. The Labute approximate surface area is 114 Å². The van der Waals surface area contributed by atoms with E-state index in [2.05, 4.69) is 11.4 Å². The van der Waals surface area contributed by atoms with Crippen molar-refractivity contribution < 1.29 is 14.6 Å². The van der Waals surface area contributed by atoms with Crippen LogP contribution in [0.1, 0.15) is 31.4 Å². The van der Waals surface area contributed by atoms with Gasteiger partial charge in [0.2, 0.25) is 0 Å². The number of aliphatic carboxylic acids is 1. The first-order valence-electron chi connectivity index (χ1n) is 6.44. The molecule has 0 aliphatic rings. The number of likely N-dealkylation sites (N-methyl/N-ethyl adjacent to an activating group) is 1. The van der Waals surface area contributed by atoms with Gasteiger partial charge in [-0.15, -0.1) is 0 Å². The van der Waals surface area contributed by atoms with Gasteiger partial charge in [0, 0.05) is 6.42 Å². The van der Waals surface area contributed by atoms with Crippen LogP contribution >= 0.6 is 0 Å². The Morgan fingerprint density at radius 2 is 2.11 bits per heavy atom. The fourth-order valence-electron chi connectivity index (χ4n) is 2.06. The van der Waals surface area contributed by atoms with Crippen molar-refractivity contribution in [3.8, 4) is 5.75 Å². The Bertz CT molecular complexity index is 459. The topological polar surface area (TPSA) is 58.6 Å². The number of hydrogen-bond acceptors (Lipinski definition) is 3. The molecule has 106 valence electrons. The molecule has 0 amide bonds. The number of nitrogens with one attached hydrogen (secondary N) is 1. The van der Waals surface area contributed by atoms with Crippen molar-refractivity contribution in [1.29, 1.82) is 0 Å². The van der Waals surface area contributed by atoms with Crippen LogP contribution in [0, 0.1) is 13.8 Å². The number of hydrogen-bond donors (Lipinski definition) is 2. The summed E-state index contributed by atoms with van der Waals surface area (Å²) in [6.45, 7) is 7.57. The minimum atomic E-state index is -0.974. The normalized spacial score (nSPS) is 15.6. The van der Waals surface area contributed by atoms with Crippen LogP contribution in [0.3, 0.4) is 0 Å². The van der Waals surface area contributed by atoms with Gasteiger partial charge in [-0.2, -0.15) is 0 Å². The van der Waals surface area contributed by atoms with Crippen molar-refractivity contribution in [2.24, 2.45) is 0 Å². The molecule has 1 rings (SSSR count). The second-order valence-corrected chi connectivity index (χ2v) is 5.29. The van der Waals surface area contributed by atoms with Crippen LogP contribution < -0.4 is 10.1 Å². The maximum atomic E-state index is 11.2. The summed E-state index contributed by atoms with van der Waals surface area (Å²) < 4.78 is 5.84. The monoisotopic (exact) mass is 265 g/mol. The first-order chi connectivity index (χ1) is 8.78. The van der Waals surface area contributed by atoms with Crippen LogP contribution in [0.15, 0.2) is 18.2 Å². The molecular formula is C15H23NO3. The third-order valence-corrected chi connectivity index (χ3v) is 3.38. The number of benzene rings is 1. The van der Waals surface area contributed by atoms with Gasteiger partial charge in [0.25, 0.3) is 0 Å². The number of carbonyl (C=O) groups is 1. The first-order valence-corrected chi connectivity index (χ1v) is 6.44. The Morgan fingerprint density at radius 3 is 2.58 bits per heavy atom. The summed E-state index contributed by atoms with van der Waals surface area (Å²) in [6.07, 6.45) is 0.210. The molecule has 4 heteroatoms. The van der Waals surface area contributed by atoms with Gasteiger partial charge in [-0.3, -0.25) is 4.79 Å². The number of carboxylic acid groups (broad SMARTS) is 1. The zero-order valence-corrected chi connectivity index (χ0v) is 12.3. The van der Waals surface area contributed by atoms with Crippen LogP contribution in [-0.2, 0) is 4.79 Å². The maximum absolute atomic E-state index is 11.2. The standard InChI is InChI=1S/C15H23NO3/c1-10-6-7-13(11(2)8-10)19-12(3)9-15(4,16-5)14(17)18/h6-8,12,16H,9H2,1-5H3,(H,17,18). The molecule has 2 atom stereocenters. The fraction of sp³-hybridized carbons (Fsp3) is 0.533. The molecule has 0 aromatic heterocycles.